The van der Waals surface area contributed by atoms with E-state index >= 15 is 0 Å². The molecular weight excluding hydrogens is 338 g/mol. The van der Waals surface area contributed by atoms with Gasteiger partial charge < -0.3 is 5.32 Å². The van der Waals surface area contributed by atoms with Crippen molar-refractivity contribution in [3.05, 3.63) is 63.1 Å². The van der Waals surface area contributed by atoms with Crippen molar-refractivity contribution in [3.63, 3.8) is 0 Å². The number of benzene rings is 2. The Balaban J connectivity index is 2.28. The summed E-state index contributed by atoms with van der Waals surface area (Å²) in [5.74, 6) is 0.263. The highest BCUT2D eigenvalue weighted by Gasteiger charge is 2.11. The normalized spacial score (nSPS) is 10.4. The highest BCUT2D eigenvalue weighted by molar-refractivity contribution is 9.10. The molecule has 0 spiro atoms. The number of halogens is 2. The van der Waals surface area contributed by atoms with Crippen LogP contribution in [0, 0.1) is 13.8 Å². The monoisotopic (exact) mass is 351 g/mol. The summed E-state index contributed by atoms with van der Waals surface area (Å²) in [5.41, 5.74) is 4.51. The minimum Gasteiger partial charge on any atom is -0.321 e. The van der Waals surface area contributed by atoms with Crippen LogP contribution < -0.4 is 5.32 Å². The van der Waals surface area contributed by atoms with Gasteiger partial charge in [-0.05, 0) is 64.7 Å². The van der Waals surface area contributed by atoms with Crippen LogP contribution in [0.2, 0.25) is 0 Å². The van der Waals surface area contributed by atoms with Gasteiger partial charge >= 0.3 is 0 Å². The van der Waals surface area contributed by atoms with Crippen LogP contribution in [0.25, 0.3) is 0 Å². The van der Waals surface area contributed by atoms with Gasteiger partial charge in [-0.1, -0.05) is 18.2 Å². The SMILES string of the molecule is Cc1cc(C)c(NC(=O)c2cccc(CCl)c2)c(Br)c1. The minimum absolute atomic E-state index is 0.135. The van der Waals surface area contributed by atoms with Crippen LogP contribution in [-0.4, -0.2) is 5.91 Å². The third-order valence-electron chi connectivity index (χ3n) is 3.01. The molecule has 0 aromatic heterocycles. The molecule has 0 saturated heterocycles. The highest BCUT2D eigenvalue weighted by atomic mass is 79.9. The standard InChI is InChI=1S/C16H15BrClNO/c1-10-6-11(2)15(14(17)7-10)19-16(20)13-5-3-4-12(8-13)9-18/h3-8H,9H2,1-2H3,(H,19,20). The van der Waals surface area contributed by atoms with Gasteiger partial charge in [-0.15, -0.1) is 11.6 Å². The zero-order chi connectivity index (χ0) is 14.7. The lowest BCUT2D eigenvalue weighted by Crippen LogP contribution is -2.13. The van der Waals surface area contributed by atoms with E-state index in [4.69, 9.17) is 11.6 Å². The molecule has 104 valence electrons. The molecule has 2 nitrogen and oxygen atoms in total. The number of anilines is 1. The lowest BCUT2D eigenvalue weighted by Gasteiger charge is -2.12. The second kappa shape index (κ2) is 6.42. The van der Waals surface area contributed by atoms with Gasteiger partial charge in [0.05, 0.1) is 5.69 Å². The summed E-state index contributed by atoms with van der Waals surface area (Å²) in [4.78, 5) is 12.3. The number of aryl methyl sites for hydroxylation is 2. The van der Waals surface area contributed by atoms with E-state index < -0.39 is 0 Å². The van der Waals surface area contributed by atoms with E-state index in [-0.39, 0.29) is 5.91 Å². The van der Waals surface area contributed by atoms with Gasteiger partial charge in [0.25, 0.3) is 5.91 Å². The molecule has 2 rings (SSSR count). The Bertz CT molecular complexity index is 632. The van der Waals surface area contributed by atoms with Gasteiger partial charge in [0.2, 0.25) is 0 Å². The summed E-state index contributed by atoms with van der Waals surface area (Å²) in [6.45, 7) is 4.00. The number of alkyl halides is 1. The maximum Gasteiger partial charge on any atom is 0.255 e. The van der Waals surface area contributed by atoms with Crippen LogP contribution in [0.4, 0.5) is 5.69 Å². The molecule has 20 heavy (non-hydrogen) atoms. The Hall–Kier alpha value is -1.32. The summed E-state index contributed by atoms with van der Waals surface area (Å²) < 4.78 is 0.886. The summed E-state index contributed by atoms with van der Waals surface area (Å²) >= 11 is 9.28. The fourth-order valence-electron chi connectivity index (χ4n) is 2.06. The first kappa shape index (κ1) is 15.1. The molecule has 0 bridgehead atoms. The lowest BCUT2D eigenvalue weighted by atomic mass is 10.1. The Morgan fingerprint density at radius 3 is 2.65 bits per heavy atom. The molecule has 0 aliphatic heterocycles. The van der Waals surface area contributed by atoms with Crippen molar-refractivity contribution >= 4 is 39.1 Å². The van der Waals surface area contributed by atoms with Gasteiger partial charge in [-0.3, -0.25) is 4.79 Å². The van der Waals surface area contributed by atoms with Gasteiger partial charge in [-0.25, -0.2) is 0 Å². The number of nitrogens with one attached hydrogen (secondary N) is 1. The number of hydrogen-bond acceptors (Lipinski definition) is 1. The maximum absolute atomic E-state index is 12.3. The summed E-state index contributed by atoms with van der Waals surface area (Å²) in [7, 11) is 0. The van der Waals surface area contributed by atoms with Crippen molar-refractivity contribution in [3.8, 4) is 0 Å². The zero-order valence-corrected chi connectivity index (χ0v) is 13.7. The van der Waals surface area contributed by atoms with E-state index in [2.05, 4.69) is 21.2 Å². The Kier molecular flexibility index (Phi) is 4.84. The first-order valence-corrected chi connectivity index (χ1v) is 7.57. The molecule has 2 aromatic rings. The molecule has 0 fully saturated rings. The zero-order valence-electron chi connectivity index (χ0n) is 11.3. The molecule has 0 atom stereocenters. The third kappa shape index (κ3) is 3.41. The van der Waals surface area contributed by atoms with E-state index in [0.717, 1.165) is 26.9 Å². The minimum atomic E-state index is -0.135. The van der Waals surface area contributed by atoms with E-state index in [1.54, 1.807) is 12.1 Å². The molecule has 4 heteroatoms. The molecule has 1 amide bonds. The second-order valence-electron chi connectivity index (χ2n) is 4.73. The predicted molar refractivity (Wildman–Crippen MR) is 87.6 cm³/mol. The van der Waals surface area contributed by atoms with E-state index in [9.17, 15) is 4.79 Å². The Labute approximate surface area is 132 Å². The van der Waals surface area contributed by atoms with Crippen LogP contribution >= 0.6 is 27.5 Å². The highest BCUT2D eigenvalue weighted by Crippen LogP contribution is 2.28. The van der Waals surface area contributed by atoms with Crippen molar-refractivity contribution in [2.75, 3.05) is 5.32 Å². The van der Waals surface area contributed by atoms with E-state index in [0.29, 0.717) is 11.4 Å². The fourth-order valence-corrected chi connectivity index (χ4v) is 2.99. The first-order chi connectivity index (χ1) is 9.51. The summed E-state index contributed by atoms with van der Waals surface area (Å²) in [6, 6.07) is 11.3. The van der Waals surface area contributed by atoms with Crippen LogP contribution in [0.3, 0.4) is 0 Å². The molecule has 0 radical (unpaired) electrons. The second-order valence-corrected chi connectivity index (χ2v) is 5.85. The first-order valence-electron chi connectivity index (χ1n) is 6.24. The fraction of sp³-hybridized carbons (Fsp3) is 0.188. The third-order valence-corrected chi connectivity index (χ3v) is 3.95. The number of hydrogen-bond donors (Lipinski definition) is 1. The topological polar surface area (TPSA) is 29.1 Å². The van der Waals surface area contributed by atoms with Gasteiger partial charge in [0.15, 0.2) is 0 Å². The van der Waals surface area contributed by atoms with Crippen LogP contribution in [0.5, 0.6) is 0 Å². The summed E-state index contributed by atoms with van der Waals surface area (Å²) in [5, 5.41) is 2.94. The van der Waals surface area contributed by atoms with E-state index in [1.165, 1.54) is 0 Å². The number of carbonyl (C=O) groups is 1. The van der Waals surface area contributed by atoms with Gasteiger partial charge in [-0.2, -0.15) is 0 Å². The van der Waals surface area contributed by atoms with Crippen LogP contribution in [0.15, 0.2) is 40.9 Å². The Morgan fingerprint density at radius 2 is 2.00 bits per heavy atom. The number of rotatable bonds is 3. The molecule has 1 N–H and O–H groups in total. The average molecular weight is 353 g/mol. The molecule has 0 aliphatic rings. The molecule has 2 aromatic carbocycles. The Morgan fingerprint density at radius 1 is 1.25 bits per heavy atom. The van der Waals surface area contributed by atoms with Crippen molar-refractivity contribution in [2.24, 2.45) is 0 Å². The average Bonchev–Trinajstić information content (AvgIpc) is 2.42. The van der Waals surface area contributed by atoms with Gasteiger partial charge in [0, 0.05) is 15.9 Å². The summed E-state index contributed by atoms with van der Waals surface area (Å²) in [6.07, 6.45) is 0. The van der Waals surface area contributed by atoms with Crippen LogP contribution in [0.1, 0.15) is 27.0 Å². The predicted octanol–water partition coefficient (Wildman–Crippen LogP) is 5.06. The lowest BCUT2D eigenvalue weighted by molar-refractivity contribution is 0.102. The molecular formula is C16H15BrClNO. The van der Waals surface area contributed by atoms with Gasteiger partial charge in [0.1, 0.15) is 0 Å². The maximum atomic E-state index is 12.3. The molecule has 0 heterocycles. The van der Waals surface area contributed by atoms with E-state index in [1.807, 2.05) is 38.1 Å². The molecule has 0 saturated carbocycles. The number of carbonyl (C=O) groups excluding carboxylic acids is 1. The van der Waals surface area contributed by atoms with Crippen molar-refractivity contribution in [1.82, 2.24) is 0 Å². The largest absolute Gasteiger partial charge is 0.321 e. The quantitative estimate of drug-likeness (QED) is 0.769. The number of amides is 1. The smallest absolute Gasteiger partial charge is 0.255 e. The van der Waals surface area contributed by atoms with Crippen molar-refractivity contribution in [1.29, 1.82) is 0 Å². The van der Waals surface area contributed by atoms with Crippen molar-refractivity contribution in [2.45, 2.75) is 19.7 Å². The molecule has 0 aliphatic carbocycles. The van der Waals surface area contributed by atoms with Crippen molar-refractivity contribution < 1.29 is 4.79 Å². The van der Waals surface area contributed by atoms with Crippen LogP contribution in [-0.2, 0) is 5.88 Å². The molecule has 0 unspecified atom stereocenters.